The molecule has 0 rings (SSSR count). The predicted molar refractivity (Wildman–Crippen MR) is 102 cm³/mol. The van der Waals surface area contributed by atoms with E-state index in [1.807, 2.05) is 6.08 Å². The van der Waals surface area contributed by atoms with Crippen LogP contribution in [0.3, 0.4) is 0 Å². The number of rotatable bonds is 16. The van der Waals surface area contributed by atoms with Gasteiger partial charge < -0.3 is 4.74 Å². The van der Waals surface area contributed by atoms with E-state index in [4.69, 9.17) is 4.74 Å². The maximum atomic E-state index is 10.5. The summed E-state index contributed by atoms with van der Waals surface area (Å²) < 4.78 is 4.74. The molecule has 0 fully saturated rings. The summed E-state index contributed by atoms with van der Waals surface area (Å²) in [7, 11) is 0. The lowest BCUT2D eigenvalue weighted by molar-refractivity contribution is -0.135. The summed E-state index contributed by atoms with van der Waals surface area (Å²) >= 11 is 0. The smallest absolute Gasteiger partial charge is 0.307 e. The minimum Gasteiger partial charge on any atom is -0.435 e. The summed E-state index contributed by atoms with van der Waals surface area (Å²) in [4.78, 5) is 10.5. The van der Waals surface area contributed by atoms with Crippen LogP contribution in [0.15, 0.2) is 12.3 Å². The van der Waals surface area contributed by atoms with Crippen LogP contribution in [0.5, 0.6) is 0 Å². The predicted octanol–water partition coefficient (Wildman–Crippen LogP) is 6.55. The van der Waals surface area contributed by atoms with Gasteiger partial charge in [-0.2, -0.15) is 0 Å². The van der Waals surface area contributed by atoms with E-state index in [1.165, 1.54) is 103 Å². The zero-order valence-corrected chi connectivity index (χ0v) is 16.8. The van der Waals surface area contributed by atoms with Crippen molar-refractivity contribution >= 4 is 23.3 Å². The number of carbonyl (C=O) groups is 1. The first-order valence-electron chi connectivity index (χ1n) is 9.59. The summed E-state index contributed by atoms with van der Waals surface area (Å²) in [6.45, 7) is 3.70. The first-order valence-corrected chi connectivity index (χ1v) is 9.59. The van der Waals surface area contributed by atoms with E-state index in [2.05, 4.69) is 6.92 Å². The van der Waals surface area contributed by atoms with Crippen LogP contribution < -0.4 is 0 Å². The Balaban J connectivity index is 0. The molecule has 2 nitrogen and oxygen atoms in total. The zero-order valence-electron chi connectivity index (χ0n) is 15.7. The molecule has 0 atom stereocenters. The number of hydrogen-bond acceptors (Lipinski definition) is 2. The van der Waals surface area contributed by atoms with E-state index in [0.717, 1.165) is 6.42 Å². The molecule has 0 unspecified atom stereocenters. The molecule has 0 aliphatic carbocycles. The van der Waals surface area contributed by atoms with Crippen molar-refractivity contribution in [3.8, 4) is 0 Å². The fourth-order valence-corrected chi connectivity index (χ4v) is 2.67. The SMILES string of the molecule is CCCCCCCCCCCCCCCCC=COC(C)=O.[Al]. The van der Waals surface area contributed by atoms with Crippen molar-refractivity contribution in [2.45, 2.75) is 110 Å². The van der Waals surface area contributed by atoms with Gasteiger partial charge in [-0.25, -0.2) is 0 Å². The van der Waals surface area contributed by atoms with Crippen LogP contribution in [0.25, 0.3) is 0 Å². The molecular formula is C20H38AlO2. The number of esters is 1. The van der Waals surface area contributed by atoms with Crippen molar-refractivity contribution < 1.29 is 9.53 Å². The molecule has 0 spiro atoms. The zero-order chi connectivity index (χ0) is 16.3. The third-order valence-corrected chi connectivity index (χ3v) is 4.05. The lowest BCUT2D eigenvalue weighted by Crippen LogP contribution is -1.89. The first kappa shape index (κ1) is 25.0. The molecule has 3 radical (unpaired) electrons. The molecule has 0 aromatic heterocycles. The number of ether oxygens (including phenoxy) is 1. The molecular weight excluding hydrogens is 299 g/mol. The normalized spacial score (nSPS) is 10.7. The topological polar surface area (TPSA) is 26.3 Å². The Morgan fingerprint density at radius 1 is 0.739 bits per heavy atom. The third kappa shape index (κ3) is 24.1. The van der Waals surface area contributed by atoms with E-state index in [-0.39, 0.29) is 23.3 Å². The van der Waals surface area contributed by atoms with Gasteiger partial charge in [0.25, 0.3) is 0 Å². The summed E-state index contributed by atoms with van der Waals surface area (Å²) in [5.41, 5.74) is 0. The highest BCUT2D eigenvalue weighted by atomic mass is 27.0. The van der Waals surface area contributed by atoms with Crippen LogP contribution in [-0.4, -0.2) is 23.3 Å². The van der Waals surface area contributed by atoms with Gasteiger partial charge in [-0.15, -0.1) is 0 Å². The quantitative estimate of drug-likeness (QED) is 0.138. The van der Waals surface area contributed by atoms with Crippen molar-refractivity contribution in [1.29, 1.82) is 0 Å². The minimum absolute atomic E-state index is 0. The average molecular weight is 338 g/mol. The summed E-state index contributed by atoms with van der Waals surface area (Å²) in [6.07, 6.45) is 23.9. The molecule has 0 heterocycles. The molecule has 0 aliphatic rings. The molecule has 3 heteroatoms. The second kappa shape index (κ2) is 21.7. The van der Waals surface area contributed by atoms with Gasteiger partial charge in [0, 0.05) is 24.3 Å². The van der Waals surface area contributed by atoms with Crippen molar-refractivity contribution in [2.24, 2.45) is 0 Å². The molecule has 0 aliphatic heterocycles. The van der Waals surface area contributed by atoms with Crippen LogP contribution in [0.1, 0.15) is 110 Å². The van der Waals surface area contributed by atoms with E-state index < -0.39 is 0 Å². The first-order chi connectivity index (χ1) is 10.8. The van der Waals surface area contributed by atoms with Gasteiger partial charge in [-0.05, 0) is 18.9 Å². The highest BCUT2D eigenvalue weighted by Gasteiger charge is 1.93. The van der Waals surface area contributed by atoms with Crippen LogP contribution >= 0.6 is 0 Å². The molecule has 0 aromatic carbocycles. The molecule has 0 bridgehead atoms. The van der Waals surface area contributed by atoms with Crippen molar-refractivity contribution in [2.75, 3.05) is 0 Å². The number of hydrogen-bond donors (Lipinski definition) is 0. The largest absolute Gasteiger partial charge is 0.435 e. The monoisotopic (exact) mass is 337 g/mol. The van der Waals surface area contributed by atoms with Crippen LogP contribution in [0.4, 0.5) is 0 Å². The lowest BCUT2D eigenvalue weighted by atomic mass is 10.0. The van der Waals surface area contributed by atoms with Gasteiger partial charge in [0.2, 0.25) is 0 Å². The second-order valence-corrected chi connectivity index (χ2v) is 6.37. The standard InChI is InChI=1S/C20H38O2.Al/c1-3-4-5-6-7-8-9-10-11-12-13-14-15-16-17-18-19-22-20(2)21;/h18-19H,3-17H2,1-2H3;. The average Bonchev–Trinajstić information content (AvgIpc) is 2.50. The Morgan fingerprint density at radius 3 is 1.52 bits per heavy atom. The van der Waals surface area contributed by atoms with Crippen LogP contribution in [0.2, 0.25) is 0 Å². The number of allylic oxidation sites excluding steroid dienone is 1. The Kier molecular flexibility index (Phi) is 23.6. The van der Waals surface area contributed by atoms with Crippen molar-refractivity contribution in [3.63, 3.8) is 0 Å². The van der Waals surface area contributed by atoms with Gasteiger partial charge in [-0.3, -0.25) is 4.79 Å². The van der Waals surface area contributed by atoms with E-state index in [1.54, 1.807) is 0 Å². The fraction of sp³-hybridized carbons (Fsp3) is 0.850. The van der Waals surface area contributed by atoms with Crippen molar-refractivity contribution in [1.82, 2.24) is 0 Å². The molecule has 0 amide bonds. The van der Waals surface area contributed by atoms with Gasteiger partial charge in [0.05, 0.1) is 6.26 Å². The minimum atomic E-state index is -0.239. The molecule has 23 heavy (non-hydrogen) atoms. The maximum Gasteiger partial charge on any atom is 0.307 e. The van der Waals surface area contributed by atoms with Crippen molar-refractivity contribution in [3.05, 3.63) is 12.3 Å². The highest BCUT2D eigenvalue weighted by molar-refractivity contribution is 5.75. The fourth-order valence-electron chi connectivity index (χ4n) is 2.67. The molecule has 133 valence electrons. The lowest BCUT2D eigenvalue weighted by Gasteiger charge is -2.02. The number of carbonyl (C=O) groups excluding carboxylic acids is 1. The summed E-state index contributed by atoms with van der Waals surface area (Å²) in [5, 5.41) is 0. The second-order valence-electron chi connectivity index (χ2n) is 6.37. The van der Waals surface area contributed by atoms with Crippen LogP contribution in [-0.2, 0) is 9.53 Å². The Bertz CT molecular complexity index is 264. The Labute approximate surface area is 155 Å². The molecule has 0 saturated carbocycles. The van der Waals surface area contributed by atoms with Gasteiger partial charge in [0.15, 0.2) is 0 Å². The van der Waals surface area contributed by atoms with E-state index in [0.29, 0.717) is 0 Å². The number of unbranched alkanes of at least 4 members (excludes halogenated alkanes) is 14. The Hall–Kier alpha value is -0.258. The van der Waals surface area contributed by atoms with E-state index in [9.17, 15) is 4.79 Å². The van der Waals surface area contributed by atoms with Gasteiger partial charge in [-0.1, -0.05) is 90.4 Å². The molecule has 0 saturated heterocycles. The van der Waals surface area contributed by atoms with Gasteiger partial charge in [0.1, 0.15) is 0 Å². The Morgan fingerprint density at radius 2 is 1.13 bits per heavy atom. The van der Waals surface area contributed by atoms with E-state index >= 15 is 0 Å². The summed E-state index contributed by atoms with van der Waals surface area (Å²) in [5.74, 6) is -0.239. The molecule has 0 N–H and O–H groups in total. The summed E-state index contributed by atoms with van der Waals surface area (Å²) in [6, 6.07) is 0. The van der Waals surface area contributed by atoms with Crippen LogP contribution in [0, 0.1) is 0 Å². The van der Waals surface area contributed by atoms with Gasteiger partial charge >= 0.3 is 5.97 Å². The maximum absolute atomic E-state index is 10.5. The third-order valence-electron chi connectivity index (χ3n) is 4.05. The highest BCUT2D eigenvalue weighted by Crippen LogP contribution is 2.13. The molecule has 0 aromatic rings.